The first kappa shape index (κ1) is 27.9. The molecule has 38 heavy (non-hydrogen) atoms. The van der Waals surface area contributed by atoms with E-state index in [1.807, 2.05) is 18.2 Å². The fraction of sp³-hybridized carbons (Fsp3) is 0.519. The maximum atomic E-state index is 12.6. The van der Waals surface area contributed by atoms with Crippen LogP contribution in [0.2, 0.25) is 0 Å². The van der Waals surface area contributed by atoms with E-state index in [0.717, 1.165) is 11.1 Å². The maximum absolute atomic E-state index is 12.6. The van der Waals surface area contributed by atoms with Crippen molar-refractivity contribution in [1.82, 2.24) is 0 Å². The molecular formula is C27H34O11. The highest BCUT2D eigenvalue weighted by Gasteiger charge is 2.45. The summed E-state index contributed by atoms with van der Waals surface area (Å²) in [4.78, 5) is 12.6. The normalized spacial score (nSPS) is 29.0. The van der Waals surface area contributed by atoms with Crippen LogP contribution in [0.4, 0.5) is 0 Å². The van der Waals surface area contributed by atoms with E-state index in [2.05, 4.69) is 0 Å². The SMILES string of the molecule is COc1ccc(C[C@@H]2COC(=O)[C@@H]2Cc2ccc(O[C@@H]3O[C@@H](CO)[C@H](O)[C@H](O)[C@@H]3O)c(OC)c2)cc1OC. The summed E-state index contributed by atoms with van der Waals surface area (Å²) in [6, 6.07) is 10.8. The fourth-order valence-corrected chi connectivity index (χ4v) is 4.85. The average molecular weight is 535 g/mol. The molecule has 2 aliphatic heterocycles. The Labute approximate surface area is 220 Å². The molecule has 11 heteroatoms. The molecule has 208 valence electrons. The third kappa shape index (κ3) is 5.82. The Bertz CT molecular complexity index is 1100. The minimum atomic E-state index is -1.56. The highest BCUT2D eigenvalue weighted by atomic mass is 16.7. The van der Waals surface area contributed by atoms with Gasteiger partial charge >= 0.3 is 5.97 Å². The van der Waals surface area contributed by atoms with Crippen LogP contribution < -0.4 is 18.9 Å². The van der Waals surface area contributed by atoms with E-state index in [1.165, 1.54) is 7.11 Å². The van der Waals surface area contributed by atoms with Gasteiger partial charge in [-0.3, -0.25) is 4.79 Å². The molecule has 0 saturated carbocycles. The third-order valence-corrected chi connectivity index (χ3v) is 7.03. The number of benzene rings is 2. The number of methoxy groups -OCH3 is 3. The van der Waals surface area contributed by atoms with Gasteiger partial charge in [0, 0.05) is 5.92 Å². The zero-order chi connectivity index (χ0) is 27.4. The number of carbonyl (C=O) groups excluding carboxylic acids is 1. The van der Waals surface area contributed by atoms with Gasteiger partial charge in [0.1, 0.15) is 24.4 Å². The number of aliphatic hydroxyl groups excluding tert-OH is 4. The smallest absolute Gasteiger partial charge is 0.309 e. The maximum Gasteiger partial charge on any atom is 0.309 e. The Morgan fingerprint density at radius 3 is 2.05 bits per heavy atom. The van der Waals surface area contributed by atoms with Crippen molar-refractivity contribution in [2.45, 2.75) is 43.5 Å². The van der Waals surface area contributed by atoms with Gasteiger partial charge in [-0.25, -0.2) is 0 Å². The summed E-state index contributed by atoms with van der Waals surface area (Å²) in [6.45, 7) is -0.254. The Morgan fingerprint density at radius 2 is 1.42 bits per heavy atom. The summed E-state index contributed by atoms with van der Waals surface area (Å²) in [5.74, 6) is 1.10. The van der Waals surface area contributed by atoms with Gasteiger partial charge in [0.05, 0.1) is 40.5 Å². The van der Waals surface area contributed by atoms with Crippen LogP contribution in [0.1, 0.15) is 11.1 Å². The zero-order valence-electron chi connectivity index (χ0n) is 21.5. The third-order valence-electron chi connectivity index (χ3n) is 7.03. The number of rotatable bonds is 10. The zero-order valence-corrected chi connectivity index (χ0v) is 21.5. The molecule has 2 heterocycles. The molecule has 4 N–H and O–H groups in total. The second-order valence-corrected chi connectivity index (χ2v) is 9.39. The molecule has 11 nitrogen and oxygen atoms in total. The minimum absolute atomic E-state index is 0.0448. The molecule has 0 bridgehead atoms. The van der Waals surface area contributed by atoms with E-state index in [0.29, 0.717) is 36.7 Å². The Hall–Kier alpha value is -3.09. The number of esters is 1. The molecule has 0 radical (unpaired) electrons. The van der Waals surface area contributed by atoms with E-state index < -0.39 is 37.3 Å². The number of carbonyl (C=O) groups is 1. The summed E-state index contributed by atoms with van der Waals surface area (Å²) in [6.07, 6.45) is -6.02. The molecule has 0 unspecified atom stereocenters. The van der Waals surface area contributed by atoms with E-state index in [1.54, 1.807) is 32.4 Å². The number of cyclic esters (lactones) is 1. The van der Waals surface area contributed by atoms with Crippen molar-refractivity contribution in [3.05, 3.63) is 47.5 Å². The molecule has 2 fully saturated rings. The van der Waals surface area contributed by atoms with Crippen LogP contribution in [0, 0.1) is 11.8 Å². The summed E-state index contributed by atoms with van der Waals surface area (Å²) in [5, 5.41) is 39.7. The molecule has 2 saturated heterocycles. The van der Waals surface area contributed by atoms with Gasteiger partial charge in [0.25, 0.3) is 0 Å². The second kappa shape index (κ2) is 12.2. The molecule has 0 aliphatic carbocycles. The van der Waals surface area contributed by atoms with Gasteiger partial charge in [0.15, 0.2) is 23.0 Å². The van der Waals surface area contributed by atoms with Crippen molar-refractivity contribution in [3.8, 4) is 23.0 Å². The lowest BCUT2D eigenvalue weighted by molar-refractivity contribution is -0.277. The van der Waals surface area contributed by atoms with Crippen molar-refractivity contribution < 1.29 is 53.6 Å². The summed E-state index contributed by atoms with van der Waals surface area (Å²) in [5.41, 5.74) is 1.81. The summed E-state index contributed by atoms with van der Waals surface area (Å²) < 4.78 is 32.7. The van der Waals surface area contributed by atoms with Crippen LogP contribution >= 0.6 is 0 Å². The van der Waals surface area contributed by atoms with Crippen molar-refractivity contribution >= 4 is 5.97 Å². The first-order valence-corrected chi connectivity index (χ1v) is 12.3. The lowest BCUT2D eigenvalue weighted by Gasteiger charge is -2.39. The van der Waals surface area contributed by atoms with E-state index in [4.69, 9.17) is 28.4 Å². The molecule has 0 amide bonds. The Balaban J connectivity index is 1.47. The first-order valence-electron chi connectivity index (χ1n) is 12.3. The van der Waals surface area contributed by atoms with Crippen LogP contribution in [0.25, 0.3) is 0 Å². The van der Waals surface area contributed by atoms with E-state index in [9.17, 15) is 25.2 Å². The van der Waals surface area contributed by atoms with E-state index >= 15 is 0 Å². The molecule has 2 aliphatic rings. The summed E-state index contributed by atoms with van der Waals surface area (Å²) >= 11 is 0. The average Bonchev–Trinajstić information content (AvgIpc) is 3.27. The molecule has 7 atom stereocenters. The van der Waals surface area contributed by atoms with Crippen molar-refractivity contribution in [2.24, 2.45) is 11.8 Å². The minimum Gasteiger partial charge on any atom is -0.493 e. The van der Waals surface area contributed by atoms with Gasteiger partial charge in [-0.05, 0) is 48.2 Å². The quantitative estimate of drug-likeness (QED) is 0.315. The largest absolute Gasteiger partial charge is 0.493 e. The lowest BCUT2D eigenvalue weighted by Crippen LogP contribution is -2.60. The van der Waals surface area contributed by atoms with Crippen LogP contribution in [0.3, 0.4) is 0 Å². The van der Waals surface area contributed by atoms with Gasteiger partial charge in [-0.1, -0.05) is 12.1 Å². The van der Waals surface area contributed by atoms with Crippen molar-refractivity contribution in [3.63, 3.8) is 0 Å². The van der Waals surface area contributed by atoms with Crippen LogP contribution in [-0.2, 0) is 27.1 Å². The molecule has 2 aromatic rings. The highest BCUT2D eigenvalue weighted by Crippen LogP contribution is 2.36. The number of hydrogen-bond acceptors (Lipinski definition) is 11. The Kier molecular flexibility index (Phi) is 8.95. The second-order valence-electron chi connectivity index (χ2n) is 9.39. The van der Waals surface area contributed by atoms with Crippen LogP contribution in [-0.4, -0.2) is 91.6 Å². The molecule has 0 spiro atoms. The predicted octanol–water partition coefficient (Wildman–Crippen LogP) is 0.466. The molecule has 0 aromatic heterocycles. The molecule has 4 rings (SSSR count). The number of ether oxygens (including phenoxy) is 6. The topological polar surface area (TPSA) is 153 Å². The standard InChI is InChI=1S/C27H34O11/c1-33-18-6-4-14(10-20(18)34-2)8-16-13-36-26(32)17(16)9-15-5-7-19(21(11-15)35-3)37-27-25(31)24(30)23(29)22(12-28)38-27/h4-7,10-11,16-17,22-25,27-31H,8-9,12-13H2,1-3H3/t16-,17-,22+,23+,24+,25+,27-/m1/s1. The fourth-order valence-electron chi connectivity index (χ4n) is 4.85. The first-order chi connectivity index (χ1) is 18.3. The number of aliphatic hydroxyl groups is 4. The van der Waals surface area contributed by atoms with Gasteiger partial charge in [0.2, 0.25) is 6.29 Å². The highest BCUT2D eigenvalue weighted by molar-refractivity contribution is 5.75. The lowest BCUT2D eigenvalue weighted by atomic mass is 9.85. The van der Waals surface area contributed by atoms with Gasteiger partial charge < -0.3 is 48.8 Å². The van der Waals surface area contributed by atoms with Gasteiger partial charge in [-0.2, -0.15) is 0 Å². The van der Waals surface area contributed by atoms with Crippen LogP contribution in [0.5, 0.6) is 23.0 Å². The monoisotopic (exact) mass is 534 g/mol. The Morgan fingerprint density at radius 1 is 0.816 bits per heavy atom. The van der Waals surface area contributed by atoms with Crippen LogP contribution in [0.15, 0.2) is 36.4 Å². The molecular weight excluding hydrogens is 500 g/mol. The van der Waals surface area contributed by atoms with Crippen molar-refractivity contribution in [2.75, 3.05) is 34.5 Å². The summed E-state index contributed by atoms with van der Waals surface area (Å²) in [7, 11) is 4.60. The predicted molar refractivity (Wildman–Crippen MR) is 132 cm³/mol. The molecule has 2 aromatic carbocycles. The van der Waals surface area contributed by atoms with E-state index in [-0.39, 0.29) is 23.6 Å². The van der Waals surface area contributed by atoms with Gasteiger partial charge in [-0.15, -0.1) is 0 Å². The van der Waals surface area contributed by atoms with Crippen molar-refractivity contribution in [1.29, 1.82) is 0 Å². The number of hydrogen-bond donors (Lipinski definition) is 4.